The van der Waals surface area contributed by atoms with Crippen LogP contribution in [0, 0.1) is 11.3 Å². The predicted molar refractivity (Wildman–Crippen MR) is 76.9 cm³/mol. The minimum atomic E-state index is -0.735. The average Bonchev–Trinajstić information content (AvgIpc) is 2.78. The van der Waals surface area contributed by atoms with Crippen molar-refractivity contribution in [1.82, 2.24) is 5.32 Å². The van der Waals surface area contributed by atoms with Crippen molar-refractivity contribution in [2.75, 3.05) is 11.5 Å². The Kier molecular flexibility index (Phi) is 4.21. The lowest BCUT2D eigenvalue weighted by atomic mass is 10.0. The van der Waals surface area contributed by atoms with Gasteiger partial charge in [0.2, 0.25) is 0 Å². The van der Waals surface area contributed by atoms with Gasteiger partial charge in [-0.2, -0.15) is 17.0 Å². The lowest BCUT2D eigenvalue weighted by Gasteiger charge is -2.21. The van der Waals surface area contributed by atoms with Gasteiger partial charge >= 0.3 is 0 Å². The molecule has 0 radical (unpaired) electrons. The average molecular weight is 346 g/mol. The molecule has 6 heteroatoms. The second-order valence-corrected chi connectivity index (χ2v) is 6.47. The van der Waals surface area contributed by atoms with Crippen molar-refractivity contribution in [3.8, 4) is 6.07 Å². The highest BCUT2D eigenvalue weighted by Gasteiger charge is 2.36. The lowest BCUT2D eigenvalue weighted by Crippen LogP contribution is -2.47. The van der Waals surface area contributed by atoms with Crippen LogP contribution in [0.15, 0.2) is 22.7 Å². The van der Waals surface area contributed by atoms with Gasteiger partial charge in [-0.05, 0) is 46.3 Å². The number of hydrogen-bond donors (Lipinski definition) is 1. The van der Waals surface area contributed by atoms with Gasteiger partial charge in [0, 0.05) is 15.2 Å². The SMILES string of the molecule is N#CC1(NC(=O)c2ccc(Cl)cc2Br)CCSC1. The predicted octanol–water partition coefficient (Wildman–Crippen LogP) is 3.23. The molecule has 1 saturated heterocycles. The molecule has 1 unspecified atom stereocenters. The number of halogens is 2. The van der Waals surface area contributed by atoms with Crippen LogP contribution in [0.3, 0.4) is 0 Å². The molecule has 1 aliphatic heterocycles. The first kappa shape index (κ1) is 13.7. The van der Waals surface area contributed by atoms with Crippen molar-refractivity contribution in [3.05, 3.63) is 33.3 Å². The Balaban J connectivity index is 2.19. The van der Waals surface area contributed by atoms with Crippen LogP contribution < -0.4 is 5.32 Å². The van der Waals surface area contributed by atoms with Gasteiger partial charge < -0.3 is 5.32 Å². The largest absolute Gasteiger partial charge is 0.333 e. The highest BCUT2D eigenvalue weighted by Crippen LogP contribution is 2.28. The van der Waals surface area contributed by atoms with Gasteiger partial charge in [-0.15, -0.1) is 0 Å². The second kappa shape index (κ2) is 5.52. The molecule has 1 heterocycles. The number of rotatable bonds is 2. The molecule has 1 amide bonds. The van der Waals surface area contributed by atoms with E-state index >= 15 is 0 Å². The van der Waals surface area contributed by atoms with Crippen molar-refractivity contribution >= 4 is 45.2 Å². The summed E-state index contributed by atoms with van der Waals surface area (Å²) in [6.07, 6.45) is 0.686. The van der Waals surface area contributed by atoms with Gasteiger partial charge in [-0.3, -0.25) is 4.79 Å². The summed E-state index contributed by atoms with van der Waals surface area (Å²) in [6.45, 7) is 0. The standard InChI is InChI=1S/C12H10BrClN2OS/c13-10-5-8(14)1-2-9(10)11(17)16-12(6-15)3-4-18-7-12/h1-2,5H,3-4,7H2,(H,16,17). The van der Waals surface area contributed by atoms with E-state index in [0.29, 0.717) is 27.2 Å². The molecule has 0 bridgehead atoms. The molecule has 0 aromatic heterocycles. The maximum Gasteiger partial charge on any atom is 0.253 e. The van der Waals surface area contributed by atoms with Gasteiger partial charge in [0.05, 0.1) is 11.6 Å². The fourth-order valence-electron chi connectivity index (χ4n) is 1.74. The maximum atomic E-state index is 12.2. The fourth-order valence-corrected chi connectivity index (χ4v) is 3.87. The van der Waals surface area contributed by atoms with Gasteiger partial charge in [-0.25, -0.2) is 0 Å². The number of nitrogens with one attached hydrogen (secondary N) is 1. The molecule has 1 aromatic rings. The van der Waals surface area contributed by atoms with E-state index in [1.54, 1.807) is 30.0 Å². The normalized spacial score (nSPS) is 22.5. The molecule has 1 aliphatic rings. The Morgan fingerprint density at radius 1 is 1.61 bits per heavy atom. The highest BCUT2D eigenvalue weighted by atomic mass is 79.9. The number of nitrogens with zero attached hydrogens (tertiary/aromatic N) is 1. The molecule has 94 valence electrons. The van der Waals surface area contributed by atoms with Crippen LogP contribution in [0.25, 0.3) is 0 Å². The van der Waals surface area contributed by atoms with E-state index in [4.69, 9.17) is 11.6 Å². The van der Waals surface area contributed by atoms with Crippen LogP contribution in [-0.4, -0.2) is 23.0 Å². The molecule has 0 spiro atoms. The monoisotopic (exact) mass is 344 g/mol. The molecule has 18 heavy (non-hydrogen) atoms. The third-order valence-corrected chi connectivity index (χ3v) is 4.85. The van der Waals surface area contributed by atoms with Crippen molar-refractivity contribution in [2.24, 2.45) is 0 Å². The quantitative estimate of drug-likeness (QED) is 0.895. The molecule has 2 rings (SSSR count). The molecule has 3 nitrogen and oxygen atoms in total. The Labute approximate surface area is 123 Å². The summed E-state index contributed by atoms with van der Waals surface area (Å²) in [5.41, 5.74) is -0.244. The Bertz CT molecular complexity index is 523. The number of hydrogen-bond acceptors (Lipinski definition) is 3. The first-order chi connectivity index (χ1) is 8.56. The second-order valence-electron chi connectivity index (χ2n) is 4.07. The van der Waals surface area contributed by atoms with Gasteiger partial charge in [0.1, 0.15) is 5.54 Å². The summed E-state index contributed by atoms with van der Waals surface area (Å²) in [5, 5.41) is 12.6. The van der Waals surface area contributed by atoms with E-state index in [2.05, 4.69) is 27.3 Å². The van der Waals surface area contributed by atoms with Gasteiger partial charge in [0.15, 0.2) is 0 Å². The molecule has 0 aliphatic carbocycles. The number of benzene rings is 1. The van der Waals surface area contributed by atoms with Gasteiger partial charge in [-0.1, -0.05) is 11.6 Å². The summed E-state index contributed by atoms with van der Waals surface area (Å²) in [5.74, 6) is 1.29. The van der Waals surface area contributed by atoms with Crippen molar-refractivity contribution < 1.29 is 4.79 Å². The maximum absolute atomic E-state index is 12.2. The summed E-state index contributed by atoms with van der Waals surface area (Å²) >= 11 is 10.8. The first-order valence-corrected chi connectivity index (χ1v) is 7.65. The van der Waals surface area contributed by atoms with E-state index in [1.807, 2.05) is 0 Å². The molecule has 0 saturated carbocycles. The van der Waals surface area contributed by atoms with Crippen molar-refractivity contribution in [2.45, 2.75) is 12.0 Å². The zero-order valence-electron chi connectivity index (χ0n) is 9.37. The summed E-state index contributed by atoms with van der Waals surface area (Å²) in [7, 11) is 0. The fraction of sp³-hybridized carbons (Fsp3) is 0.333. The van der Waals surface area contributed by atoms with Crippen molar-refractivity contribution in [1.29, 1.82) is 5.26 Å². The third-order valence-electron chi connectivity index (χ3n) is 2.76. The van der Waals surface area contributed by atoms with E-state index in [9.17, 15) is 10.1 Å². The Morgan fingerprint density at radius 2 is 2.39 bits per heavy atom. The molecule has 1 atom stereocenters. The molecular formula is C12H10BrClN2OS. The van der Waals surface area contributed by atoms with Crippen LogP contribution in [0.2, 0.25) is 5.02 Å². The Morgan fingerprint density at radius 3 is 2.94 bits per heavy atom. The number of amides is 1. The number of nitriles is 1. The van der Waals surface area contributed by atoms with E-state index < -0.39 is 5.54 Å². The number of thioether (sulfide) groups is 1. The zero-order valence-corrected chi connectivity index (χ0v) is 12.5. The van der Waals surface area contributed by atoms with Crippen molar-refractivity contribution in [3.63, 3.8) is 0 Å². The zero-order chi connectivity index (χ0) is 13.2. The van der Waals surface area contributed by atoms with E-state index in [1.165, 1.54) is 0 Å². The third kappa shape index (κ3) is 2.82. The number of carbonyl (C=O) groups is 1. The van der Waals surface area contributed by atoms with Crippen LogP contribution in [0.4, 0.5) is 0 Å². The smallest absolute Gasteiger partial charge is 0.253 e. The van der Waals surface area contributed by atoms with Crippen LogP contribution >= 0.6 is 39.3 Å². The van der Waals surface area contributed by atoms with E-state index in [-0.39, 0.29) is 5.91 Å². The minimum absolute atomic E-state index is 0.248. The molecule has 1 N–H and O–H groups in total. The highest BCUT2D eigenvalue weighted by molar-refractivity contribution is 9.10. The van der Waals surface area contributed by atoms with Crippen LogP contribution in [0.5, 0.6) is 0 Å². The first-order valence-electron chi connectivity index (χ1n) is 5.33. The summed E-state index contributed by atoms with van der Waals surface area (Å²) < 4.78 is 0.631. The molecule has 1 aromatic carbocycles. The lowest BCUT2D eigenvalue weighted by molar-refractivity contribution is 0.0925. The molecular weight excluding hydrogens is 336 g/mol. The van der Waals surface area contributed by atoms with Crippen LogP contribution in [0.1, 0.15) is 16.8 Å². The molecule has 1 fully saturated rings. The summed E-state index contributed by atoms with van der Waals surface area (Å²) in [4.78, 5) is 12.2. The van der Waals surface area contributed by atoms with Crippen LogP contribution in [-0.2, 0) is 0 Å². The Hall–Kier alpha value is -0.700. The van der Waals surface area contributed by atoms with Gasteiger partial charge in [0.25, 0.3) is 5.91 Å². The number of carbonyl (C=O) groups excluding carboxylic acids is 1. The van der Waals surface area contributed by atoms with E-state index in [0.717, 1.165) is 5.75 Å². The minimum Gasteiger partial charge on any atom is -0.333 e. The topological polar surface area (TPSA) is 52.9 Å². The summed E-state index contributed by atoms with van der Waals surface area (Å²) in [6, 6.07) is 7.18.